The molecule has 0 bridgehead atoms. The molecule has 1 heterocycles. The van der Waals surface area contributed by atoms with E-state index in [9.17, 15) is 0 Å². The van der Waals surface area contributed by atoms with Gasteiger partial charge in [-0.15, -0.1) is 0 Å². The van der Waals surface area contributed by atoms with Crippen LogP contribution >= 0.6 is 0 Å². The number of furan rings is 1. The summed E-state index contributed by atoms with van der Waals surface area (Å²) in [5, 5.41) is 0. The van der Waals surface area contributed by atoms with Gasteiger partial charge in [0.15, 0.2) is 0 Å². The van der Waals surface area contributed by atoms with E-state index in [1.54, 1.807) is 12.5 Å². The third-order valence-corrected chi connectivity index (χ3v) is 1.47. The summed E-state index contributed by atoms with van der Waals surface area (Å²) in [6.07, 6.45) is 5.51. The van der Waals surface area contributed by atoms with Crippen molar-refractivity contribution in [3.05, 3.63) is 24.2 Å². The molecule has 2 nitrogen and oxygen atoms in total. The van der Waals surface area contributed by atoms with Gasteiger partial charge in [0.05, 0.1) is 12.5 Å². The molecule has 0 radical (unpaired) electrons. The molecule has 2 N–H and O–H groups in total. The van der Waals surface area contributed by atoms with Gasteiger partial charge in [0.1, 0.15) is 0 Å². The first-order valence-electron chi connectivity index (χ1n) is 3.55. The van der Waals surface area contributed by atoms with Gasteiger partial charge in [0.2, 0.25) is 0 Å². The molecule has 0 aliphatic carbocycles. The fraction of sp³-hybridized carbons (Fsp3) is 0.500. The average molecular weight is 139 g/mol. The SMILES string of the molecule is C[C@H](N)CCc1ccoc1. The van der Waals surface area contributed by atoms with Crippen molar-refractivity contribution in [3.63, 3.8) is 0 Å². The fourth-order valence-corrected chi connectivity index (χ4v) is 0.829. The van der Waals surface area contributed by atoms with E-state index in [2.05, 4.69) is 0 Å². The van der Waals surface area contributed by atoms with E-state index in [0.717, 1.165) is 12.8 Å². The van der Waals surface area contributed by atoms with Crippen LogP contribution in [0.15, 0.2) is 23.0 Å². The maximum Gasteiger partial charge on any atom is 0.0934 e. The van der Waals surface area contributed by atoms with Crippen LogP contribution in [0.1, 0.15) is 18.9 Å². The molecule has 0 saturated heterocycles. The summed E-state index contributed by atoms with van der Waals surface area (Å²) in [6.45, 7) is 2.01. The molecular formula is C8H13NO. The Hall–Kier alpha value is -0.760. The van der Waals surface area contributed by atoms with Gasteiger partial charge in [0, 0.05) is 6.04 Å². The van der Waals surface area contributed by atoms with Gasteiger partial charge in [-0.2, -0.15) is 0 Å². The summed E-state index contributed by atoms with van der Waals surface area (Å²) in [5.41, 5.74) is 6.81. The van der Waals surface area contributed by atoms with Crippen molar-refractivity contribution >= 4 is 0 Å². The van der Waals surface area contributed by atoms with Crippen LogP contribution in [0.3, 0.4) is 0 Å². The second kappa shape index (κ2) is 3.42. The Morgan fingerprint density at radius 3 is 3.00 bits per heavy atom. The maximum absolute atomic E-state index is 5.58. The smallest absolute Gasteiger partial charge is 0.0934 e. The summed E-state index contributed by atoms with van der Waals surface area (Å²) >= 11 is 0. The Bertz CT molecular complexity index is 167. The summed E-state index contributed by atoms with van der Waals surface area (Å²) in [7, 11) is 0. The van der Waals surface area contributed by atoms with Gasteiger partial charge in [0.25, 0.3) is 0 Å². The first-order valence-corrected chi connectivity index (χ1v) is 3.55. The summed E-state index contributed by atoms with van der Waals surface area (Å²) in [4.78, 5) is 0. The molecule has 0 aliphatic rings. The highest BCUT2D eigenvalue weighted by Gasteiger charge is 1.96. The molecule has 1 atom stereocenters. The van der Waals surface area contributed by atoms with Crippen LogP contribution in [0.4, 0.5) is 0 Å². The zero-order chi connectivity index (χ0) is 7.40. The first kappa shape index (κ1) is 7.35. The Morgan fingerprint density at radius 1 is 1.70 bits per heavy atom. The lowest BCUT2D eigenvalue weighted by Crippen LogP contribution is -2.15. The molecule has 56 valence electrons. The van der Waals surface area contributed by atoms with E-state index in [1.807, 2.05) is 13.0 Å². The molecule has 2 heteroatoms. The predicted molar refractivity (Wildman–Crippen MR) is 40.7 cm³/mol. The highest BCUT2D eigenvalue weighted by molar-refractivity contribution is 5.05. The molecule has 1 rings (SSSR count). The van der Waals surface area contributed by atoms with Gasteiger partial charge < -0.3 is 10.2 Å². The Balaban J connectivity index is 2.28. The van der Waals surface area contributed by atoms with Gasteiger partial charge in [-0.1, -0.05) is 0 Å². The van der Waals surface area contributed by atoms with Gasteiger partial charge >= 0.3 is 0 Å². The van der Waals surface area contributed by atoms with E-state index in [-0.39, 0.29) is 6.04 Å². The third-order valence-electron chi connectivity index (χ3n) is 1.47. The van der Waals surface area contributed by atoms with Crippen molar-refractivity contribution in [2.45, 2.75) is 25.8 Å². The topological polar surface area (TPSA) is 39.2 Å². The minimum absolute atomic E-state index is 0.287. The molecule has 10 heavy (non-hydrogen) atoms. The van der Waals surface area contributed by atoms with Crippen molar-refractivity contribution in [3.8, 4) is 0 Å². The lowest BCUT2D eigenvalue weighted by molar-refractivity contribution is 0.561. The van der Waals surface area contributed by atoms with Crippen molar-refractivity contribution in [1.29, 1.82) is 0 Å². The Labute approximate surface area is 61.0 Å². The quantitative estimate of drug-likeness (QED) is 0.690. The minimum Gasteiger partial charge on any atom is -0.472 e. The van der Waals surface area contributed by atoms with Crippen LogP contribution in [-0.4, -0.2) is 6.04 Å². The van der Waals surface area contributed by atoms with Crippen molar-refractivity contribution < 1.29 is 4.42 Å². The number of aryl methyl sites for hydroxylation is 1. The van der Waals surface area contributed by atoms with Crippen molar-refractivity contribution in [2.24, 2.45) is 5.73 Å². The maximum atomic E-state index is 5.58. The number of rotatable bonds is 3. The number of nitrogens with two attached hydrogens (primary N) is 1. The first-order chi connectivity index (χ1) is 4.79. The third kappa shape index (κ3) is 2.23. The highest BCUT2D eigenvalue weighted by atomic mass is 16.3. The Morgan fingerprint density at radius 2 is 2.50 bits per heavy atom. The molecular weight excluding hydrogens is 126 g/mol. The number of hydrogen-bond acceptors (Lipinski definition) is 2. The van der Waals surface area contributed by atoms with Crippen LogP contribution in [0, 0.1) is 0 Å². The summed E-state index contributed by atoms with van der Waals surface area (Å²) in [6, 6.07) is 2.26. The molecule has 1 aromatic heterocycles. The summed E-state index contributed by atoms with van der Waals surface area (Å²) < 4.78 is 4.91. The minimum atomic E-state index is 0.287. The second-order valence-electron chi connectivity index (χ2n) is 2.65. The fourth-order valence-electron chi connectivity index (χ4n) is 0.829. The molecule has 0 aromatic carbocycles. The van der Waals surface area contributed by atoms with E-state index in [1.165, 1.54) is 5.56 Å². The second-order valence-corrected chi connectivity index (χ2v) is 2.65. The lowest BCUT2D eigenvalue weighted by atomic mass is 10.1. The van der Waals surface area contributed by atoms with Crippen LogP contribution in [0.5, 0.6) is 0 Å². The van der Waals surface area contributed by atoms with Crippen molar-refractivity contribution in [1.82, 2.24) is 0 Å². The Kier molecular flexibility index (Phi) is 2.51. The van der Waals surface area contributed by atoms with Crippen LogP contribution in [0.25, 0.3) is 0 Å². The molecule has 0 fully saturated rings. The monoisotopic (exact) mass is 139 g/mol. The molecule has 0 spiro atoms. The zero-order valence-corrected chi connectivity index (χ0v) is 6.21. The van der Waals surface area contributed by atoms with Crippen LogP contribution in [0.2, 0.25) is 0 Å². The van der Waals surface area contributed by atoms with E-state index in [4.69, 9.17) is 10.2 Å². The average Bonchev–Trinajstić information content (AvgIpc) is 2.34. The normalized spacial score (nSPS) is 13.4. The summed E-state index contributed by atoms with van der Waals surface area (Å²) in [5.74, 6) is 0. The molecule has 0 saturated carbocycles. The largest absolute Gasteiger partial charge is 0.472 e. The predicted octanol–water partition coefficient (Wildman–Crippen LogP) is 1.56. The van der Waals surface area contributed by atoms with Crippen LogP contribution < -0.4 is 5.73 Å². The molecule has 0 aliphatic heterocycles. The molecule has 0 amide bonds. The van der Waals surface area contributed by atoms with E-state index < -0.39 is 0 Å². The van der Waals surface area contributed by atoms with Crippen molar-refractivity contribution in [2.75, 3.05) is 0 Å². The lowest BCUT2D eigenvalue weighted by Gasteiger charge is -2.00. The van der Waals surface area contributed by atoms with Crippen LogP contribution in [-0.2, 0) is 6.42 Å². The van der Waals surface area contributed by atoms with Gasteiger partial charge in [-0.05, 0) is 31.4 Å². The zero-order valence-electron chi connectivity index (χ0n) is 6.21. The highest BCUT2D eigenvalue weighted by Crippen LogP contribution is 2.04. The number of hydrogen-bond donors (Lipinski definition) is 1. The molecule has 0 unspecified atom stereocenters. The van der Waals surface area contributed by atoms with Gasteiger partial charge in [-0.25, -0.2) is 0 Å². The molecule has 1 aromatic rings. The standard InChI is InChI=1S/C8H13NO/c1-7(9)2-3-8-4-5-10-6-8/h4-7H,2-3,9H2,1H3/t7-/m0/s1. The van der Waals surface area contributed by atoms with E-state index in [0.29, 0.717) is 0 Å². The van der Waals surface area contributed by atoms with Gasteiger partial charge in [-0.3, -0.25) is 0 Å². The van der Waals surface area contributed by atoms with E-state index >= 15 is 0 Å².